The highest BCUT2D eigenvalue weighted by Crippen LogP contribution is 2.40. The fourth-order valence-electron chi connectivity index (χ4n) is 7.85. The van der Waals surface area contributed by atoms with E-state index in [9.17, 15) is 4.79 Å². The SMILES string of the molecule is CCc1noc(/C=C/C(=O)N2CC[C@@H](N(C)c3nc(OCC45CCCN4CCC5)nc4c(F)c(-c5cccc6cccc(Cl)c56)ncc34)C2)n1. The van der Waals surface area contributed by atoms with Gasteiger partial charge in [-0.1, -0.05) is 54.0 Å². The molecule has 1 atom stereocenters. The quantitative estimate of drug-likeness (QED) is 0.162. The van der Waals surface area contributed by atoms with Crippen LogP contribution in [0.3, 0.4) is 0 Å². The number of ether oxygens (including phenoxy) is 1. The van der Waals surface area contributed by atoms with Gasteiger partial charge in [-0.3, -0.25) is 14.7 Å². The van der Waals surface area contributed by atoms with Crippen LogP contribution in [0.1, 0.15) is 50.7 Å². The standard InChI is InChI=1S/C37H38ClFN8O3/c1-3-28-41-29(50-44-28)12-13-30(48)46-19-14-24(21-46)45(2)35-26-20-40-33(25-10-4-8-23-9-5-11-27(38)31(23)25)32(39)34(26)42-36(43-35)49-22-37-15-6-17-47(37)18-7-16-37/h4-5,8-13,20,24H,3,6-7,14-19,21-22H2,1-2H3/b13-12+/t24-/m1/s1. The van der Waals surface area contributed by atoms with Crippen LogP contribution in [0.4, 0.5) is 10.2 Å². The van der Waals surface area contributed by atoms with Crippen molar-refractivity contribution < 1.29 is 18.4 Å². The minimum atomic E-state index is -0.570. The number of likely N-dealkylation sites (tertiary alicyclic amines) is 1. The molecule has 0 N–H and O–H groups in total. The van der Waals surface area contributed by atoms with Crippen LogP contribution in [0.2, 0.25) is 5.02 Å². The Bertz CT molecular complexity index is 2110. The first-order valence-electron chi connectivity index (χ1n) is 17.3. The molecule has 0 bridgehead atoms. The molecule has 258 valence electrons. The number of hydrogen-bond acceptors (Lipinski definition) is 10. The van der Waals surface area contributed by atoms with E-state index < -0.39 is 5.82 Å². The fourth-order valence-corrected chi connectivity index (χ4v) is 8.14. The van der Waals surface area contributed by atoms with Gasteiger partial charge in [0.25, 0.3) is 5.89 Å². The predicted molar refractivity (Wildman–Crippen MR) is 190 cm³/mol. The first-order chi connectivity index (χ1) is 24.3. The number of pyridine rings is 1. The predicted octanol–water partition coefficient (Wildman–Crippen LogP) is 6.34. The Morgan fingerprint density at radius 2 is 1.94 bits per heavy atom. The Kier molecular flexibility index (Phi) is 8.60. The lowest BCUT2D eigenvalue weighted by atomic mass is 9.95. The second-order valence-corrected chi connectivity index (χ2v) is 13.8. The molecule has 3 saturated heterocycles. The highest BCUT2D eigenvalue weighted by molar-refractivity contribution is 6.36. The minimum Gasteiger partial charge on any atom is -0.461 e. The summed E-state index contributed by atoms with van der Waals surface area (Å²) >= 11 is 6.64. The van der Waals surface area contributed by atoms with Gasteiger partial charge in [0, 0.05) is 66.9 Å². The van der Waals surface area contributed by atoms with Crippen LogP contribution in [-0.4, -0.2) is 92.2 Å². The van der Waals surface area contributed by atoms with Crippen LogP contribution < -0.4 is 9.64 Å². The van der Waals surface area contributed by atoms with Crippen molar-refractivity contribution in [3.05, 3.63) is 71.2 Å². The van der Waals surface area contributed by atoms with Gasteiger partial charge in [0.1, 0.15) is 23.6 Å². The summed E-state index contributed by atoms with van der Waals surface area (Å²) in [7, 11) is 1.91. The smallest absolute Gasteiger partial charge is 0.319 e. The van der Waals surface area contributed by atoms with Gasteiger partial charge >= 0.3 is 6.01 Å². The average Bonchev–Trinajstić information content (AvgIpc) is 3.94. The first kappa shape index (κ1) is 32.5. The number of carbonyl (C=O) groups excluding carboxylic acids is 1. The van der Waals surface area contributed by atoms with Crippen molar-refractivity contribution >= 4 is 51.1 Å². The van der Waals surface area contributed by atoms with Gasteiger partial charge in [0.05, 0.1) is 10.9 Å². The Labute approximate surface area is 294 Å². The molecule has 8 rings (SSSR count). The Hall–Kier alpha value is -4.68. The molecular formula is C37H38ClFN8O3. The van der Waals surface area contributed by atoms with Crippen molar-refractivity contribution in [2.24, 2.45) is 0 Å². The monoisotopic (exact) mass is 696 g/mol. The number of halogens is 2. The molecule has 0 radical (unpaired) electrons. The van der Waals surface area contributed by atoms with Crippen LogP contribution >= 0.6 is 11.6 Å². The van der Waals surface area contributed by atoms with Crippen LogP contribution in [-0.2, 0) is 11.2 Å². The maximum Gasteiger partial charge on any atom is 0.319 e. The third-order valence-electron chi connectivity index (χ3n) is 10.6. The molecule has 3 aliphatic heterocycles. The zero-order valence-corrected chi connectivity index (χ0v) is 28.9. The lowest BCUT2D eigenvalue weighted by Crippen LogP contribution is -2.43. The summed E-state index contributed by atoms with van der Waals surface area (Å²) in [6, 6.07) is 11.3. The molecule has 50 heavy (non-hydrogen) atoms. The average molecular weight is 697 g/mol. The van der Waals surface area contributed by atoms with Crippen molar-refractivity contribution in [2.75, 3.05) is 44.7 Å². The highest BCUT2D eigenvalue weighted by atomic mass is 35.5. The van der Waals surface area contributed by atoms with E-state index in [1.54, 1.807) is 17.2 Å². The van der Waals surface area contributed by atoms with Gasteiger partial charge in [-0.15, -0.1) is 0 Å². The number of aryl methyl sites for hydroxylation is 1. The van der Waals surface area contributed by atoms with E-state index in [4.69, 9.17) is 25.8 Å². The van der Waals surface area contributed by atoms with Crippen molar-refractivity contribution in [1.82, 2.24) is 34.9 Å². The number of aromatic nitrogens is 5. The summed E-state index contributed by atoms with van der Waals surface area (Å²) in [5.74, 6) is 0.651. The second-order valence-electron chi connectivity index (χ2n) is 13.4. The molecule has 0 unspecified atom stereocenters. The summed E-state index contributed by atoms with van der Waals surface area (Å²) in [5, 5.41) is 6.46. The summed E-state index contributed by atoms with van der Waals surface area (Å²) < 4.78 is 28.4. The molecule has 6 heterocycles. The fraction of sp³-hybridized carbons (Fsp3) is 0.405. The highest BCUT2D eigenvalue weighted by Gasteiger charge is 2.45. The molecule has 3 aromatic heterocycles. The Balaban J connectivity index is 1.13. The number of amides is 1. The summed E-state index contributed by atoms with van der Waals surface area (Å²) in [4.78, 5) is 37.8. The Morgan fingerprint density at radius 3 is 2.72 bits per heavy atom. The maximum absolute atomic E-state index is 16.8. The van der Waals surface area contributed by atoms with Crippen molar-refractivity contribution in [3.63, 3.8) is 0 Å². The Morgan fingerprint density at radius 1 is 1.14 bits per heavy atom. The van der Waals surface area contributed by atoms with E-state index >= 15 is 4.39 Å². The van der Waals surface area contributed by atoms with Crippen molar-refractivity contribution in [1.29, 1.82) is 0 Å². The summed E-state index contributed by atoms with van der Waals surface area (Å²) in [6.45, 7) is 5.50. The topological polar surface area (TPSA) is 114 Å². The number of anilines is 1. The number of carbonyl (C=O) groups is 1. The molecule has 5 aromatic rings. The molecule has 3 aliphatic rings. The van der Waals surface area contributed by atoms with Crippen LogP contribution in [0.5, 0.6) is 6.01 Å². The molecule has 0 spiro atoms. The third-order valence-corrected chi connectivity index (χ3v) is 10.9. The van der Waals surface area contributed by atoms with E-state index in [-0.39, 0.29) is 34.7 Å². The molecule has 11 nitrogen and oxygen atoms in total. The molecule has 1 amide bonds. The number of fused-ring (bicyclic) bond motifs is 3. The van der Waals surface area contributed by atoms with Gasteiger partial charge in [-0.05, 0) is 56.6 Å². The molecular weight excluding hydrogens is 659 g/mol. The first-order valence-corrected chi connectivity index (χ1v) is 17.7. The number of nitrogens with zero attached hydrogens (tertiary/aromatic N) is 8. The van der Waals surface area contributed by atoms with E-state index in [1.807, 2.05) is 49.2 Å². The van der Waals surface area contributed by atoms with Crippen LogP contribution in [0.25, 0.3) is 39.0 Å². The van der Waals surface area contributed by atoms with Crippen LogP contribution in [0, 0.1) is 5.82 Å². The van der Waals surface area contributed by atoms with Gasteiger partial charge in [0.15, 0.2) is 11.6 Å². The van der Waals surface area contributed by atoms with Gasteiger partial charge in [0.2, 0.25) is 5.91 Å². The largest absolute Gasteiger partial charge is 0.461 e. The molecule has 0 aliphatic carbocycles. The zero-order valence-electron chi connectivity index (χ0n) is 28.1. The molecule has 3 fully saturated rings. The van der Waals surface area contributed by atoms with Gasteiger partial charge in [-0.25, -0.2) is 4.39 Å². The normalized spacial score (nSPS) is 18.9. The maximum atomic E-state index is 16.8. The third kappa shape index (κ3) is 5.83. The lowest BCUT2D eigenvalue weighted by molar-refractivity contribution is -0.124. The lowest BCUT2D eigenvalue weighted by Gasteiger charge is -2.31. The van der Waals surface area contributed by atoms with Gasteiger partial charge in [-0.2, -0.15) is 15.0 Å². The van der Waals surface area contributed by atoms with Crippen LogP contribution in [0.15, 0.2) is 53.2 Å². The number of benzene rings is 2. The van der Waals surface area contributed by atoms with Crippen molar-refractivity contribution in [3.8, 4) is 17.3 Å². The van der Waals surface area contributed by atoms with E-state index in [1.165, 1.54) is 12.2 Å². The number of rotatable bonds is 9. The van der Waals surface area contributed by atoms with Crippen molar-refractivity contribution in [2.45, 2.75) is 57.0 Å². The zero-order chi connectivity index (χ0) is 34.4. The van der Waals surface area contributed by atoms with E-state index in [0.717, 1.165) is 49.5 Å². The van der Waals surface area contributed by atoms with Gasteiger partial charge < -0.3 is 19.1 Å². The molecule has 0 saturated carbocycles. The second kappa shape index (κ2) is 13.2. The summed E-state index contributed by atoms with van der Waals surface area (Å²) in [5.41, 5.74) is 0.825. The molecule has 2 aromatic carbocycles. The minimum absolute atomic E-state index is 0.0365. The number of likely N-dealkylation sites (N-methyl/N-ethyl adjacent to an activating group) is 1. The summed E-state index contributed by atoms with van der Waals surface area (Å²) in [6.07, 6.45) is 10.3. The molecule has 13 heteroatoms. The van der Waals surface area contributed by atoms with E-state index in [0.29, 0.717) is 66.0 Å². The van der Waals surface area contributed by atoms with E-state index in [2.05, 4.69) is 25.0 Å². The number of hydrogen-bond donors (Lipinski definition) is 0.